The number of carbonyl (C=O) groups excluding carboxylic acids is 1. The molecule has 0 bridgehead atoms. The maximum absolute atomic E-state index is 12.7. The van der Waals surface area contributed by atoms with Crippen molar-refractivity contribution in [1.82, 2.24) is 15.0 Å². The first-order valence-electron chi connectivity index (χ1n) is 11.0. The smallest absolute Gasteiger partial charge is 0.251 e. The molecule has 1 heterocycles. The number of methoxy groups -OCH3 is 1. The lowest BCUT2D eigenvalue weighted by molar-refractivity contribution is 0.0950. The van der Waals surface area contributed by atoms with E-state index in [1.807, 2.05) is 18.2 Å². The molecule has 2 aromatic carbocycles. The second-order valence-corrected chi connectivity index (χ2v) is 9.90. The van der Waals surface area contributed by atoms with Gasteiger partial charge in [0.1, 0.15) is 6.61 Å². The van der Waals surface area contributed by atoms with Crippen LogP contribution in [0.4, 0.5) is 0 Å². The van der Waals surface area contributed by atoms with Gasteiger partial charge in [0.05, 0.1) is 12.0 Å². The Bertz CT molecular complexity index is 1240. The Morgan fingerprint density at radius 1 is 1.03 bits per heavy atom. The van der Waals surface area contributed by atoms with Gasteiger partial charge in [-0.2, -0.15) is 0 Å². The van der Waals surface area contributed by atoms with Crippen molar-refractivity contribution in [3.8, 4) is 11.5 Å². The number of nitrogens with one attached hydrogen (secondary N) is 2. The van der Waals surface area contributed by atoms with Crippen molar-refractivity contribution in [2.45, 2.75) is 30.9 Å². The van der Waals surface area contributed by atoms with Crippen LogP contribution in [0.5, 0.6) is 11.5 Å². The molecule has 3 aromatic rings. The minimum Gasteiger partial charge on any atom is -0.493 e. The summed E-state index contributed by atoms with van der Waals surface area (Å²) in [5, 5.41) is 2.83. The highest BCUT2D eigenvalue weighted by Crippen LogP contribution is 2.29. The number of carbonyl (C=O) groups is 1. The molecule has 0 unspecified atom stereocenters. The topological polar surface area (TPSA) is 107 Å². The minimum atomic E-state index is -3.64. The minimum absolute atomic E-state index is 0.0816. The fraction of sp³-hybridized carbons (Fsp3) is 0.280. The zero-order valence-corrected chi connectivity index (χ0v) is 19.7. The molecule has 1 saturated carbocycles. The highest BCUT2D eigenvalue weighted by molar-refractivity contribution is 7.89. The lowest BCUT2D eigenvalue weighted by Gasteiger charge is -2.13. The van der Waals surface area contributed by atoms with Gasteiger partial charge in [0.2, 0.25) is 10.0 Å². The largest absolute Gasteiger partial charge is 0.493 e. The van der Waals surface area contributed by atoms with E-state index in [9.17, 15) is 13.2 Å². The predicted molar refractivity (Wildman–Crippen MR) is 127 cm³/mol. The average molecular weight is 482 g/mol. The third-order valence-corrected chi connectivity index (χ3v) is 6.91. The number of hydrogen-bond donors (Lipinski definition) is 2. The molecule has 2 N–H and O–H groups in total. The number of aromatic nitrogens is 1. The van der Waals surface area contributed by atoms with E-state index in [0.29, 0.717) is 30.6 Å². The molecule has 178 valence electrons. The van der Waals surface area contributed by atoms with Crippen molar-refractivity contribution in [1.29, 1.82) is 0 Å². The fourth-order valence-electron chi connectivity index (χ4n) is 3.30. The van der Waals surface area contributed by atoms with E-state index in [-0.39, 0.29) is 22.9 Å². The standard InChI is InChI=1S/C25H27N3O5S/c1-32-24-13-20(7-8-23(24)33-17-19-9-11-26-12-10-19)15-27-25(29)21-3-2-4-22(14-21)34(30,31)28-16-18-5-6-18/h2-4,7-14,18,28H,5-6,15-17H2,1H3,(H,27,29). The summed E-state index contributed by atoms with van der Waals surface area (Å²) in [5.74, 6) is 1.20. The highest BCUT2D eigenvalue weighted by atomic mass is 32.2. The number of rotatable bonds is 11. The van der Waals surface area contributed by atoms with Crippen LogP contribution < -0.4 is 19.5 Å². The number of ether oxygens (including phenoxy) is 2. The zero-order valence-electron chi connectivity index (χ0n) is 18.9. The first kappa shape index (κ1) is 23.7. The Kier molecular flexibility index (Phi) is 7.44. The molecule has 1 aliphatic carbocycles. The number of pyridine rings is 1. The molecule has 1 amide bonds. The molecule has 0 saturated heterocycles. The van der Waals surface area contributed by atoms with Gasteiger partial charge in [0, 0.05) is 31.0 Å². The van der Waals surface area contributed by atoms with Gasteiger partial charge in [0.25, 0.3) is 5.91 Å². The Hall–Kier alpha value is -3.43. The van der Waals surface area contributed by atoms with Crippen molar-refractivity contribution >= 4 is 15.9 Å². The van der Waals surface area contributed by atoms with Crippen molar-refractivity contribution in [2.24, 2.45) is 5.92 Å². The molecular formula is C25H27N3O5S. The van der Waals surface area contributed by atoms with Crippen molar-refractivity contribution < 1.29 is 22.7 Å². The highest BCUT2D eigenvalue weighted by Gasteiger charge is 2.24. The van der Waals surface area contributed by atoms with E-state index in [2.05, 4.69) is 15.0 Å². The Balaban J connectivity index is 1.36. The molecule has 4 rings (SSSR count). The van der Waals surface area contributed by atoms with Crippen molar-refractivity contribution in [2.75, 3.05) is 13.7 Å². The van der Waals surface area contributed by atoms with E-state index in [1.165, 1.54) is 12.1 Å². The van der Waals surface area contributed by atoms with Gasteiger partial charge >= 0.3 is 0 Å². The van der Waals surface area contributed by atoms with E-state index in [1.54, 1.807) is 43.8 Å². The molecule has 34 heavy (non-hydrogen) atoms. The molecule has 1 aliphatic rings. The van der Waals surface area contributed by atoms with Gasteiger partial charge < -0.3 is 14.8 Å². The number of benzene rings is 2. The molecule has 0 radical (unpaired) electrons. The van der Waals surface area contributed by atoms with Crippen molar-refractivity contribution in [3.63, 3.8) is 0 Å². The number of hydrogen-bond acceptors (Lipinski definition) is 6. The van der Waals surface area contributed by atoms with E-state index < -0.39 is 10.0 Å². The summed E-state index contributed by atoms with van der Waals surface area (Å²) >= 11 is 0. The van der Waals surface area contributed by atoms with Crippen LogP contribution in [0.1, 0.15) is 34.3 Å². The summed E-state index contributed by atoms with van der Waals surface area (Å²) in [5.41, 5.74) is 2.08. The van der Waals surface area contributed by atoms with Gasteiger partial charge in [-0.05, 0) is 72.4 Å². The van der Waals surface area contributed by atoms with Crippen LogP contribution in [-0.2, 0) is 23.2 Å². The average Bonchev–Trinajstić information content (AvgIpc) is 3.70. The summed E-state index contributed by atoms with van der Waals surface area (Å²) in [6.45, 7) is 1.06. The number of amides is 1. The monoisotopic (exact) mass is 481 g/mol. The van der Waals surface area contributed by atoms with Crippen LogP contribution in [0.25, 0.3) is 0 Å². The van der Waals surface area contributed by atoms with Crippen LogP contribution >= 0.6 is 0 Å². The summed E-state index contributed by atoms with van der Waals surface area (Å²) in [7, 11) is -2.09. The van der Waals surface area contributed by atoms with Gasteiger partial charge in [-0.3, -0.25) is 9.78 Å². The lowest BCUT2D eigenvalue weighted by Crippen LogP contribution is -2.27. The fourth-order valence-corrected chi connectivity index (χ4v) is 4.46. The summed E-state index contributed by atoms with van der Waals surface area (Å²) in [6.07, 6.45) is 5.51. The maximum Gasteiger partial charge on any atom is 0.251 e. The van der Waals surface area contributed by atoms with E-state index in [4.69, 9.17) is 9.47 Å². The third kappa shape index (κ3) is 6.33. The Morgan fingerprint density at radius 2 is 1.82 bits per heavy atom. The predicted octanol–water partition coefficient (Wildman–Crippen LogP) is 3.29. The van der Waals surface area contributed by atoms with Crippen LogP contribution in [0.2, 0.25) is 0 Å². The first-order valence-corrected chi connectivity index (χ1v) is 12.5. The van der Waals surface area contributed by atoms with Crippen LogP contribution in [0.15, 0.2) is 71.9 Å². The maximum atomic E-state index is 12.7. The normalized spacial score (nSPS) is 13.3. The van der Waals surface area contributed by atoms with Gasteiger partial charge in [-0.25, -0.2) is 13.1 Å². The Labute approximate surface area is 199 Å². The first-order chi connectivity index (χ1) is 16.4. The van der Waals surface area contributed by atoms with Gasteiger partial charge in [0.15, 0.2) is 11.5 Å². The number of sulfonamides is 1. The summed E-state index contributed by atoms with van der Waals surface area (Å²) in [4.78, 5) is 16.7. The third-order valence-electron chi connectivity index (χ3n) is 5.49. The quantitative estimate of drug-likeness (QED) is 0.435. The summed E-state index contributed by atoms with van der Waals surface area (Å²) < 4.78 is 38.9. The molecule has 0 atom stereocenters. The Morgan fingerprint density at radius 3 is 2.56 bits per heavy atom. The van der Waals surface area contributed by atoms with Crippen LogP contribution in [-0.4, -0.2) is 33.0 Å². The molecular weight excluding hydrogens is 454 g/mol. The number of nitrogens with zero attached hydrogens (tertiary/aromatic N) is 1. The molecule has 8 nitrogen and oxygen atoms in total. The zero-order chi connectivity index (χ0) is 24.0. The van der Waals surface area contributed by atoms with Gasteiger partial charge in [-0.1, -0.05) is 12.1 Å². The molecule has 9 heteroatoms. The molecule has 1 aromatic heterocycles. The molecule has 0 aliphatic heterocycles. The van der Waals surface area contributed by atoms with E-state index >= 15 is 0 Å². The second kappa shape index (κ2) is 10.7. The summed E-state index contributed by atoms with van der Waals surface area (Å²) in [6, 6.07) is 15.2. The van der Waals surface area contributed by atoms with Crippen molar-refractivity contribution in [3.05, 3.63) is 83.7 Å². The van der Waals surface area contributed by atoms with Gasteiger partial charge in [-0.15, -0.1) is 0 Å². The van der Waals surface area contributed by atoms with Crippen LogP contribution in [0, 0.1) is 5.92 Å². The lowest BCUT2D eigenvalue weighted by atomic mass is 10.1. The van der Waals surface area contributed by atoms with E-state index in [0.717, 1.165) is 24.0 Å². The second-order valence-electron chi connectivity index (χ2n) is 8.14. The molecule has 0 spiro atoms. The molecule has 1 fully saturated rings. The SMILES string of the molecule is COc1cc(CNC(=O)c2cccc(S(=O)(=O)NCC3CC3)c2)ccc1OCc1ccncc1. The van der Waals surface area contributed by atoms with Crippen LogP contribution in [0.3, 0.4) is 0 Å².